The first-order chi connectivity index (χ1) is 12.4. The first-order valence-electron chi connectivity index (χ1n) is 9.13. The van der Waals surface area contributed by atoms with E-state index in [1.165, 1.54) is 16.7 Å². The molecular formula is C18H28N3O3S2+. The average molecular weight is 399 g/mol. The third kappa shape index (κ3) is 4.14. The van der Waals surface area contributed by atoms with Crippen LogP contribution in [0.15, 0.2) is 9.95 Å². The molecule has 1 atom stereocenters. The standard InChI is InChI=1S/C18H27N3O3S2/c1-11(2)21-17(23)15-12(3)13(4)26-16(15)19-18(21)25-10-14(22)9-20-5-7-24-8-6-20/h11,14,22H,5-10H2,1-4H3/p+1/t14-/m1/s1. The van der Waals surface area contributed by atoms with E-state index in [0.717, 1.165) is 47.0 Å². The lowest BCUT2D eigenvalue weighted by molar-refractivity contribution is -0.910. The Morgan fingerprint density at radius 1 is 1.35 bits per heavy atom. The Bertz CT molecular complexity index is 825. The van der Waals surface area contributed by atoms with Crippen LogP contribution in [0.1, 0.15) is 30.3 Å². The van der Waals surface area contributed by atoms with Gasteiger partial charge in [-0.3, -0.25) is 9.36 Å². The van der Waals surface area contributed by atoms with Gasteiger partial charge in [0, 0.05) is 16.7 Å². The lowest BCUT2D eigenvalue weighted by Crippen LogP contribution is -3.15. The summed E-state index contributed by atoms with van der Waals surface area (Å²) in [6.45, 7) is 12.1. The molecular weight excluding hydrogens is 370 g/mol. The number of morpholine rings is 1. The van der Waals surface area contributed by atoms with Crippen LogP contribution in [0.3, 0.4) is 0 Å². The molecule has 1 saturated heterocycles. The zero-order chi connectivity index (χ0) is 18.8. The molecule has 2 aromatic rings. The van der Waals surface area contributed by atoms with Crippen LogP contribution in [0.4, 0.5) is 0 Å². The maximum Gasteiger partial charge on any atom is 0.263 e. The summed E-state index contributed by atoms with van der Waals surface area (Å²) in [6.07, 6.45) is -0.423. The molecule has 1 fully saturated rings. The van der Waals surface area contributed by atoms with Crippen molar-refractivity contribution in [2.45, 2.75) is 45.0 Å². The zero-order valence-corrected chi connectivity index (χ0v) is 17.5. The number of ether oxygens (including phenoxy) is 1. The third-order valence-electron chi connectivity index (χ3n) is 4.85. The average Bonchev–Trinajstić information content (AvgIpc) is 2.88. The van der Waals surface area contributed by atoms with Crippen molar-refractivity contribution >= 4 is 33.3 Å². The van der Waals surface area contributed by atoms with Gasteiger partial charge in [-0.05, 0) is 33.3 Å². The number of hydrogen-bond donors (Lipinski definition) is 2. The SMILES string of the molecule is Cc1sc2nc(SC[C@H](O)C[NH+]3CCOCC3)n(C(C)C)c(=O)c2c1C. The minimum absolute atomic E-state index is 0.0302. The molecule has 0 aromatic carbocycles. The second kappa shape index (κ2) is 8.39. The number of aliphatic hydroxyl groups is 1. The van der Waals surface area contributed by atoms with Gasteiger partial charge in [-0.1, -0.05) is 11.8 Å². The van der Waals surface area contributed by atoms with Crippen molar-refractivity contribution in [2.24, 2.45) is 0 Å². The highest BCUT2D eigenvalue weighted by Crippen LogP contribution is 2.29. The van der Waals surface area contributed by atoms with Gasteiger partial charge in [-0.25, -0.2) is 4.98 Å². The van der Waals surface area contributed by atoms with Crippen molar-refractivity contribution < 1.29 is 14.7 Å². The van der Waals surface area contributed by atoms with E-state index < -0.39 is 6.10 Å². The molecule has 0 amide bonds. The van der Waals surface area contributed by atoms with Gasteiger partial charge in [0.05, 0.1) is 18.6 Å². The van der Waals surface area contributed by atoms with Crippen molar-refractivity contribution in [3.8, 4) is 0 Å². The molecule has 6 nitrogen and oxygen atoms in total. The van der Waals surface area contributed by atoms with E-state index in [1.54, 1.807) is 15.9 Å². The van der Waals surface area contributed by atoms with Crippen LogP contribution in [0, 0.1) is 13.8 Å². The minimum Gasteiger partial charge on any atom is -0.386 e. The number of nitrogens with one attached hydrogen (secondary N) is 1. The summed E-state index contributed by atoms with van der Waals surface area (Å²) in [4.78, 5) is 21.1. The third-order valence-corrected chi connectivity index (χ3v) is 7.05. The van der Waals surface area contributed by atoms with E-state index in [1.807, 2.05) is 27.7 Å². The largest absolute Gasteiger partial charge is 0.386 e. The van der Waals surface area contributed by atoms with Crippen LogP contribution >= 0.6 is 23.1 Å². The molecule has 144 valence electrons. The molecule has 0 saturated carbocycles. The summed E-state index contributed by atoms with van der Waals surface area (Å²) >= 11 is 3.05. The van der Waals surface area contributed by atoms with E-state index >= 15 is 0 Å². The lowest BCUT2D eigenvalue weighted by Gasteiger charge is -2.25. The fraction of sp³-hybridized carbons (Fsp3) is 0.667. The molecule has 0 aliphatic carbocycles. The Morgan fingerprint density at radius 3 is 2.69 bits per heavy atom. The van der Waals surface area contributed by atoms with Gasteiger partial charge in [-0.2, -0.15) is 0 Å². The van der Waals surface area contributed by atoms with Crippen LogP contribution in [0.2, 0.25) is 0 Å². The molecule has 0 bridgehead atoms. The minimum atomic E-state index is -0.423. The van der Waals surface area contributed by atoms with E-state index in [-0.39, 0.29) is 11.6 Å². The molecule has 2 aromatic heterocycles. The Balaban J connectivity index is 1.80. The van der Waals surface area contributed by atoms with E-state index in [0.29, 0.717) is 17.5 Å². The van der Waals surface area contributed by atoms with Crippen molar-refractivity contribution in [1.29, 1.82) is 0 Å². The monoisotopic (exact) mass is 398 g/mol. The number of thioether (sulfide) groups is 1. The number of fused-ring (bicyclic) bond motifs is 1. The van der Waals surface area contributed by atoms with Crippen LogP contribution in [0.25, 0.3) is 10.2 Å². The van der Waals surface area contributed by atoms with Gasteiger partial charge in [0.2, 0.25) is 0 Å². The summed E-state index contributed by atoms with van der Waals surface area (Å²) < 4.78 is 7.13. The van der Waals surface area contributed by atoms with E-state index in [9.17, 15) is 9.90 Å². The molecule has 1 aliphatic heterocycles. The maximum absolute atomic E-state index is 13.0. The normalized spacial score (nSPS) is 17.3. The molecule has 0 unspecified atom stereocenters. The summed E-state index contributed by atoms with van der Waals surface area (Å²) in [5, 5.41) is 11.9. The molecule has 0 spiro atoms. The summed E-state index contributed by atoms with van der Waals surface area (Å²) in [6, 6.07) is 0.0310. The van der Waals surface area contributed by atoms with E-state index in [4.69, 9.17) is 9.72 Å². The van der Waals surface area contributed by atoms with Crippen molar-refractivity contribution in [3.63, 3.8) is 0 Å². The molecule has 0 radical (unpaired) electrons. The Kier molecular flexibility index (Phi) is 6.40. The first-order valence-corrected chi connectivity index (χ1v) is 10.9. The number of nitrogens with zero attached hydrogens (tertiary/aromatic N) is 2. The lowest BCUT2D eigenvalue weighted by atomic mass is 10.2. The maximum atomic E-state index is 13.0. The number of thiophene rings is 1. The molecule has 2 N–H and O–H groups in total. The van der Waals surface area contributed by atoms with Gasteiger partial charge < -0.3 is 14.7 Å². The second-order valence-electron chi connectivity index (χ2n) is 7.16. The zero-order valence-electron chi connectivity index (χ0n) is 15.9. The van der Waals surface area contributed by atoms with E-state index in [2.05, 4.69) is 0 Å². The number of aliphatic hydroxyl groups excluding tert-OH is 1. The van der Waals surface area contributed by atoms with Crippen molar-refractivity contribution in [3.05, 3.63) is 20.8 Å². The van der Waals surface area contributed by atoms with Crippen molar-refractivity contribution in [1.82, 2.24) is 9.55 Å². The van der Waals surface area contributed by atoms with Crippen LogP contribution in [-0.4, -0.2) is 59.4 Å². The predicted octanol–water partition coefficient (Wildman–Crippen LogP) is 1.02. The second-order valence-corrected chi connectivity index (χ2v) is 9.35. The highest BCUT2D eigenvalue weighted by atomic mass is 32.2. The van der Waals surface area contributed by atoms with Gasteiger partial charge in [0.25, 0.3) is 5.56 Å². The Labute approximate surface area is 162 Å². The number of hydrogen-bond acceptors (Lipinski definition) is 6. The van der Waals surface area contributed by atoms with Gasteiger partial charge in [-0.15, -0.1) is 11.3 Å². The number of rotatable bonds is 6. The quantitative estimate of drug-likeness (QED) is 0.562. The summed E-state index contributed by atoms with van der Waals surface area (Å²) in [7, 11) is 0. The van der Waals surface area contributed by atoms with Crippen LogP contribution < -0.4 is 10.5 Å². The molecule has 3 rings (SSSR count). The van der Waals surface area contributed by atoms with Gasteiger partial charge in [0.15, 0.2) is 5.16 Å². The number of aryl methyl sites for hydroxylation is 2. The predicted molar refractivity (Wildman–Crippen MR) is 107 cm³/mol. The Hall–Kier alpha value is -0.930. The number of aromatic nitrogens is 2. The molecule has 26 heavy (non-hydrogen) atoms. The first kappa shape index (κ1) is 19.8. The van der Waals surface area contributed by atoms with Crippen molar-refractivity contribution in [2.75, 3.05) is 38.6 Å². The number of quaternary nitrogens is 1. The molecule has 3 heterocycles. The molecule has 1 aliphatic rings. The van der Waals surface area contributed by atoms with Crippen LogP contribution in [0.5, 0.6) is 0 Å². The summed E-state index contributed by atoms with van der Waals surface area (Å²) in [5.74, 6) is 0.540. The van der Waals surface area contributed by atoms with Gasteiger partial charge >= 0.3 is 0 Å². The fourth-order valence-electron chi connectivity index (χ4n) is 3.27. The van der Waals surface area contributed by atoms with Crippen LogP contribution in [-0.2, 0) is 4.74 Å². The summed E-state index contributed by atoms with van der Waals surface area (Å²) in [5.41, 5.74) is 1.06. The Morgan fingerprint density at radius 2 is 2.04 bits per heavy atom. The highest BCUT2D eigenvalue weighted by Gasteiger charge is 2.21. The topological polar surface area (TPSA) is 68.8 Å². The molecule has 8 heteroatoms. The smallest absolute Gasteiger partial charge is 0.263 e. The fourth-order valence-corrected chi connectivity index (χ4v) is 5.40. The van der Waals surface area contributed by atoms with Gasteiger partial charge in [0.1, 0.15) is 30.6 Å². The highest BCUT2D eigenvalue weighted by molar-refractivity contribution is 7.99.